The molecule has 0 aromatic heterocycles. The third kappa shape index (κ3) is 3.53. The molecular formula is C16H18ClFN2O. The first kappa shape index (κ1) is 15.8. The smallest absolute Gasteiger partial charge is 0.127 e. The van der Waals surface area contributed by atoms with Crippen molar-refractivity contribution in [1.82, 2.24) is 5.43 Å². The van der Waals surface area contributed by atoms with E-state index in [9.17, 15) is 4.39 Å². The van der Waals surface area contributed by atoms with E-state index in [1.54, 1.807) is 19.2 Å². The standard InChI is InChI=1S/C16H18ClFN2O/c1-10-6-7-16(21-2)12(8-10)15(20-19)9-11-13(17)4-3-5-14(11)18/h3-8,15,20H,9,19H2,1-2H3. The van der Waals surface area contributed by atoms with Gasteiger partial charge in [-0.15, -0.1) is 0 Å². The molecule has 1 unspecified atom stereocenters. The second kappa shape index (κ2) is 6.89. The van der Waals surface area contributed by atoms with Crippen LogP contribution >= 0.6 is 11.6 Å². The van der Waals surface area contributed by atoms with Gasteiger partial charge in [0, 0.05) is 16.1 Å². The Labute approximate surface area is 128 Å². The molecule has 0 amide bonds. The van der Waals surface area contributed by atoms with Crippen molar-refractivity contribution in [2.45, 2.75) is 19.4 Å². The number of halogens is 2. The Morgan fingerprint density at radius 2 is 2.10 bits per heavy atom. The highest BCUT2D eigenvalue weighted by Gasteiger charge is 2.19. The number of nitrogens with one attached hydrogen (secondary N) is 1. The number of hydrogen-bond acceptors (Lipinski definition) is 3. The molecule has 2 aromatic carbocycles. The van der Waals surface area contributed by atoms with E-state index in [0.29, 0.717) is 22.8 Å². The van der Waals surface area contributed by atoms with Gasteiger partial charge in [-0.25, -0.2) is 4.39 Å². The van der Waals surface area contributed by atoms with Gasteiger partial charge < -0.3 is 4.74 Å². The topological polar surface area (TPSA) is 47.3 Å². The fourth-order valence-corrected chi connectivity index (χ4v) is 2.56. The number of rotatable bonds is 5. The van der Waals surface area contributed by atoms with E-state index in [4.69, 9.17) is 22.2 Å². The SMILES string of the molecule is COc1ccc(C)cc1C(Cc1c(F)cccc1Cl)NN. The predicted molar refractivity (Wildman–Crippen MR) is 82.9 cm³/mol. The van der Waals surface area contributed by atoms with E-state index in [-0.39, 0.29) is 11.9 Å². The molecule has 0 saturated carbocycles. The molecule has 0 saturated heterocycles. The molecule has 3 nitrogen and oxygen atoms in total. The number of benzene rings is 2. The minimum atomic E-state index is -0.339. The quantitative estimate of drug-likeness (QED) is 0.656. The van der Waals surface area contributed by atoms with Crippen LogP contribution in [0.1, 0.15) is 22.7 Å². The lowest BCUT2D eigenvalue weighted by atomic mass is 9.97. The molecule has 5 heteroatoms. The molecular weight excluding hydrogens is 291 g/mol. The maximum Gasteiger partial charge on any atom is 0.127 e. The molecule has 3 N–H and O–H groups in total. The van der Waals surface area contributed by atoms with Crippen LogP contribution in [0.4, 0.5) is 4.39 Å². The summed E-state index contributed by atoms with van der Waals surface area (Å²) in [5.74, 6) is 6.02. The van der Waals surface area contributed by atoms with E-state index in [1.807, 2.05) is 25.1 Å². The van der Waals surface area contributed by atoms with Gasteiger partial charge in [0.1, 0.15) is 11.6 Å². The van der Waals surface area contributed by atoms with Crippen molar-refractivity contribution in [2.75, 3.05) is 7.11 Å². The summed E-state index contributed by atoms with van der Waals surface area (Å²) in [4.78, 5) is 0. The van der Waals surface area contributed by atoms with Crippen molar-refractivity contribution in [3.05, 3.63) is 63.9 Å². The Balaban J connectivity index is 2.39. The first-order valence-electron chi connectivity index (χ1n) is 6.60. The highest BCUT2D eigenvalue weighted by molar-refractivity contribution is 6.31. The minimum absolute atomic E-state index is 0.297. The van der Waals surface area contributed by atoms with Crippen molar-refractivity contribution in [2.24, 2.45) is 5.84 Å². The second-order valence-electron chi connectivity index (χ2n) is 4.87. The molecule has 0 fully saturated rings. The fraction of sp³-hybridized carbons (Fsp3) is 0.250. The van der Waals surface area contributed by atoms with Crippen LogP contribution in [0.15, 0.2) is 36.4 Å². The molecule has 0 spiro atoms. The van der Waals surface area contributed by atoms with Gasteiger partial charge in [0.05, 0.1) is 13.2 Å². The van der Waals surface area contributed by atoms with Gasteiger partial charge in [-0.1, -0.05) is 35.4 Å². The van der Waals surface area contributed by atoms with Gasteiger partial charge >= 0.3 is 0 Å². The zero-order chi connectivity index (χ0) is 15.4. The van der Waals surface area contributed by atoms with Gasteiger partial charge in [0.25, 0.3) is 0 Å². The first-order valence-corrected chi connectivity index (χ1v) is 6.98. The summed E-state index contributed by atoms with van der Waals surface area (Å²) in [6.07, 6.45) is 0.335. The third-order valence-corrected chi connectivity index (χ3v) is 3.79. The maximum atomic E-state index is 13.9. The van der Waals surface area contributed by atoms with Crippen LogP contribution < -0.4 is 16.0 Å². The number of methoxy groups -OCH3 is 1. The molecule has 0 aliphatic heterocycles. The number of nitrogens with two attached hydrogens (primary N) is 1. The van der Waals surface area contributed by atoms with Crippen molar-refractivity contribution in [1.29, 1.82) is 0 Å². The maximum absolute atomic E-state index is 13.9. The number of hydrogen-bond donors (Lipinski definition) is 2. The van der Waals surface area contributed by atoms with Crippen LogP contribution in [0.2, 0.25) is 5.02 Å². The van der Waals surface area contributed by atoms with Crippen LogP contribution in [0.25, 0.3) is 0 Å². The summed E-state index contributed by atoms with van der Waals surface area (Å²) in [6, 6.07) is 10.1. The van der Waals surface area contributed by atoms with Gasteiger partial charge in [-0.3, -0.25) is 11.3 Å². The average molecular weight is 309 g/mol. The van der Waals surface area contributed by atoms with Crippen LogP contribution in [0, 0.1) is 12.7 Å². The minimum Gasteiger partial charge on any atom is -0.496 e. The van der Waals surface area contributed by atoms with E-state index in [1.165, 1.54) is 6.07 Å². The van der Waals surface area contributed by atoms with Crippen molar-refractivity contribution in [3.63, 3.8) is 0 Å². The summed E-state index contributed by atoms with van der Waals surface area (Å²) in [6.45, 7) is 1.98. The van der Waals surface area contributed by atoms with Crippen molar-refractivity contribution >= 4 is 11.6 Å². The highest BCUT2D eigenvalue weighted by Crippen LogP contribution is 2.31. The normalized spacial score (nSPS) is 12.2. The molecule has 0 radical (unpaired) electrons. The van der Waals surface area contributed by atoms with E-state index in [2.05, 4.69) is 5.43 Å². The third-order valence-electron chi connectivity index (χ3n) is 3.43. The Kier molecular flexibility index (Phi) is 5.17. The monoisotopic (exact) mass is 308 g/mol. The Bertz CT molecular complexity index is 613. The molecule has 1 atom stereocenters. The summed E-state index contributed by atoms with van der Waals surface area (Å²) >= 11 is 6.08. The number of hydrazine groups is 1. The van der Waals surface area contributed by atoms with Crippen molar-refractivity contribution < 1.29 is 9.13 Å². The van der Waals surface area contributed by atoms with Crippen LogP contribution in [0.5, 0.6) is 5.75 Å². The molecule has 112 valence electrons. The summed E-state index contributed by atoms with van der Waals surface area (Å²) in [7, 11) is 1.60. The lowest BCUT2D eigenvalue weighted by Gasteiger charge is -2.20. The number of ether oxygens (including phenoxy) is 1. The fourth-order valence-electron chi connectivity index (χ4n) is 2.32. The van der Waals surface area contributed by atoms with E-state index in [0.717, 1.165) is 11.1 Å². The van der Waals surface area contributed by atoms with Gasteiger partial charge in [-0.2, -0.15) is 0 Å². The largest absolute Gasteiger partial charge is 0.496 e. The van der Waals surface area contributed by atoms with E-state index < -0.39 is 0 Å². The number of aryl methyl sites for hydroxylation is 1. The molecule has 2 aromatic rings. The Hall–Kier alpha value is -1.62. The molecule has 0 aliphatic carbocycles. The lowest BCUT2D eigenvalue weighted by molar-refractivity contribution is 0.398. The highest BCUT2D eigenvalue weighted by atomic mass is 35.5. The van der Waals surface area contributed by atoms with Gasteiger partial charge in [0.2, 0.25) is 0 Å². The summed E-state index contributed by atoms with van der Waals surface area (Å²) in [5, 5.41) is 0.391. The molecule has 0 heterocycles. The van der Waals surface area contributed by atoms with Crippen LogP contribution in [-0.4, -0.2) is 7.11 Å². The first-order chi connectivity index (χ1) is 10.1. The second-order valence-corrected chi connectivity index (χ2v) is 5.28. The van der Waals surface area contributed by atoms with Crippen LogP contribution in [0.3, 0.4) is 0 Å². The predicted octanol–water partition coefficient (Wildman–Crippen LogP) is 3.54. The zero-order valence-electron chi connectivity index (χ0n) is 12.0. The Morgan fingerprint density at radius 3 is 2.71 bits per heavy atom. The van der Waals surface area contributed by atoms with Gasteiger partial charge in [-0.05, 0) is 31.5 Å². The Morgan fingerprint density at radius 1 is 1.33 bits per heavy atom. The molecule has 21 heavy (non-hydrogen) atoms. The molecule has 0 aliphatic rings. The lowest BCUT2D eigenvalue weighted by Crippen LogP contribution is -2.30. The van der Waals surface area contributed by atoms with E-state index >= 15 is 0 Å². The van der Waals surface area contributed by atoms with Crippen molar-refractivity contribution in [3.8, 4) is 5.75 Å². The molecule has 0 bridgehead atoms. The molecule has 2 rings (SSSR count). The van der Waals surface area contributed by atoms with Gasteiger partial charge in [0.15, 0.2) is 0 Å². The summed E-state index contributed by atoms with van der Waals surface area (Å²) in [5.41, 5.74) is 5.10. The summed E-state index contributed by atoms with van der Waals surface area (Å²) < 4.78 is 19.3. The average Bonchev–Trinajstić information content (AvgIpc) is 2.47. The zero-order valence-corrected chi connectivity index (χ0v) is 12.7. The van der Waals surface area contributed by atoms with Crippen LogP contribution in [-0.2, 0) is 6.42 Å².